The molecule has 0 bridgehead atoms. The van der Waals surface area contributed by atoms with Gasteiger partial charge in [-0.05, 0) is 57.8 Å². The van der Waals surface area contributed by atoms with Gasteiger partial charge >= 0.3 is 5.97 Å². The number of aliphatic hydroxyl groups excluding tert-OH is 2. The SMILES string of the molecule is CCCCCCCCCCCCCCCCCCC(=O)OCCCCCCCCCCCCCCC/C=C\C/C=C\CCCCCCCCCCCCCCCCCCCC(=O)NC(CO)C(O)CCCCCCCCCCCCCCCC. The minimum Gasteiger partial charge on any atom is -0.466 e. The first-order valence-electron chi connectivity index (χ1n) is 38.6. The van der Waals surface area contributed by atoms with Gasteiger partial charge in [-0.1, -0.05) is 391 Å². The average molecular weight is 1180 g/mol. The van der Waals surface area contributed by atoms with E-state index in [9.17, 15) is 19.8 Å². The largest absolute Gasteiger partial charge is 0.466 e. The number of ether oxygens (including phenoxy) is 1. The van der Waals surface area contributed by atoms with Gasteiger partial charge < -0.3 is 20.3 Å². The molecule has 0 aliphatic carbocycles. The van der Waals surface area contributed by atoms with Crippen LogP contribution in [0.4, 0.5) is 0 Å². The average Bonchev–Trinajstić information content (AvgIpc) is 3.51. The summed E-state index contributed by atoms with van der Waals surface area (Å²) in [6.45, 7) is 5.00. The summed E-state index contributed by atoms with van der Waals surface area (Å²) in [5, 5.41) is 23.3. The van der Waals surface area contributed by atoms with Crippen molar-refractivity contribution in [3.05, 3.63) is 24.3 Å². The van der Waals surface area contributed by atoms with Gasteiger partial charge in [0.25, 0.3) is 0 Å². The van der Waals surface area contributed by atoms with Crippen molar-refractivity contribution in [2.75, 3.05) is 13.2 Å². The molecule has 0 radical (unpaired) electrons. The van der Waals surface area contributed by atoms with Gasteiger partial charge in [0.2, 0.25) is 5.91 Å². The fourth-order valence-corrected chi connectivity index (χ4v) is 12.4. The van der Waals surface area contributed by atoms with Crippen LogP contribution in [0, 0.1) is 0 Å². The van der Waals surface area contributed by atoms with Crippen molar-refractivity contribution in [3.8, 4) is 0 Å². The van der Waals surface area contributed by atoms with Crippen LogP contribution in [-0.2, 0) is 14.3 Å². The van der Waals surface area contributed by atoms with E-state index in [1.54, 1.807) is 0 Å². The lowest BCUT2D eigenvalue weighted by molar-refractivity contribution is -0.143. The van der Waals surface area contributed by atoms with E-state index in [2.05, 4.69) is 43.5 Å². The fraction of sp³-hybridized carbons (Fsp3) is 0.923. The summed E-state index contributed by atoms with van der Waals surface area (Å²) in [6.07, 6.45) is 94.1. The lowest BCUT2D eigenvalue weighted by atomic mass is 10.0. The molecule has 498 valence electrons. The molecule has 0 aliphatic rings. The molecular formula is C78H151NO5. The van der Waals surface area contributed by atoms with Gasteiger partial charge in [-0.15, -0.1) is 0 Å². The third-order valence-electron chi connectivity index (χ3n) is 18.3. The summed E-state index contributed by atoms with van der Waals surface area (Å²) in [7, 11) is 0. The number of hydrogen-bond donors (Lipinski definition) is 3. The molecule has 0 aromatic heterocycles. The minimum absolute atomic E-state index is 0.0231. The number of esters is 1. The van der Waals surface area contributed by atoms with Crippen LogP contribution in [-0.4, -0.2) is 47.4 Å². The first-order valence-corrected chi connectivity index (χ1v) is 38.6. The Morgan fingerprint density at radius 3 is 0.905 bits per heavy atom. The summed E-state index contributed by atoms with van der Waals surface area (Å²) in [4.78, 5) is 24.6. The Balaban J connectivity index is 3.34. The predicted molar refractivity (Wildman–Crippen MR) is 370 cm³/mol. The number of aliphatic hydroxyl groups is 2. The molecule has 2 atom stereocenters. The molecule has 2 unspecified atom stereocenters. The van der Waals surface area contributed by atoms with E-state index in [1.807, 2.05) is 0 Å². The van der Waals surface area contributed by atoms with Crippen LogP contribution in [0.3, 0.4) is 0 Å². The first-order chi connectivity index (χ1) is 41.5. The van der Waals surface area contributed by atoms with Crippen molar-refractivity contribution < 1.29 is 24.5 Å². The van der Waals surface area contributed by atoms with Crippen molar-refractivity contribution in [3.63, 3.8) is 0 Å². The number of allylic oxidation sites excluding steroid dienone is 4. The molecule has 0 rings (SSSR count). The second kappa shape index (κ2) is 73.8. The van der Waals surface area contributed by atoms with Crippen LogP contribution in [0.2, 0.25) is 0 Å². The van der Waals surface area contributed by atoms with Gasteiger partial charge in [-0.2, -0.15) is 0 Å². The normalized spacial score (nSPS) is 12.6. The van der Waals surface area contributed by atoms with Crippen molar-refractivity contribution in [2.24, 2.45) is 0 Å². The highest BCUT2D eigenvalue weighted by molar-refractivity contribution is 5.76. The molecular weight excluding hydrogens is 1030 g/mol. The summed E-state index contributed by atoms with van der Waals surface area (Å²) < 4.78 is 5.51. The van der Waals surface area contributed by atoms with Gasteiger partial charge in [0.05, 0.1) is 25.4 Å². The van der Waals surface area contributed by atoms with Gasteiger partial charge in [0, 0.05) is 12.8 Å². The monoisotopic (exact) mass is 1180 g/mol. The molecule has 0 spiro atoms. The summed E-state index contributed by atoms with van der Waals surface area (Å²) in [5.41, 5.74) is 0. The lowest BCUT2D eigenvalue weighted by Crippen LogP contribution is -2.45. The summed E-state index contributed by atoms with van der Waals surface area (Å²) in [6, 6.07) is -0.539. The maximum Gasteiger partial charge on any atom is 0.305 e. The topological polar surface area (TPSA) is 95.9 Å². The number of rotatable bonds is 73. The van der Waals surface area contributed by atoms with Crippen LogP contribution in [0.25, 0.3) is 0 Å². The van der Waals surface area contributed by atoms with Crippen LogP contribution < -0.4 is 5.32 Å². The van der Waals surface area contributed by atoms with Crippen molar-refractivity contribution >= 4 is 11.9 Å². The zero-order valence-electron chi connectivity index (χ0n) is 57.2. The molecule has 0 aromatic carbocycles. The number of amides is 1. The number of unbranched alkanes of at least 4 members (excludes halogenated alkanes) is 58. The molecule has 0 heterocycles. The summed E-state index contributed by atoms with van der Waals surface area (Å²) in [5.74, 6) is -0.00620. The number of nitrogens with one attached hydrogen (secondary N) is 1. The van der Waals surface area contributed by atoms with E-state index in [0.717, 1.165) is 44.9 Å². The number of hydrogen-bond acceptors (Lipinski definition) is 5. The molecule has 6 nitrogen and oxygen atoms in total. The Morgan fingerprint density at radius 1 is 0.333 bits per heavy atom. The Bertz CT molecular complexity index is 1320. The minimum atomic E-state index is -0.662. The van der Waals surface area contributed by atoms with E-state index in [-0.39, 0.29) is 18.5 Å². The zero-order valence-corrected chi connectivity index (χ0v) is 57.2. The second-order valence-electron chi connectivity index (χ2n) is 26.7. The first kappa shape index (κ1) is 82.3. The highest BCUT2D eigenvalue weighted by atomic mass is 16.5. The number of carbonyl (C=O) groups excluding carboxylic acids is 2. The molecule has 84 heavy (non-hydrogen) atoms. The quantitative estimate of drug-likeness (QED) is 0.0320. The zero-order chi connectivity index (χ0) is 60.6. The number of carbonyl (C=O) groups is 2. The molecule has 6 heteroatoms. The van der Waals surface area contributed by atoms with E-state index < -0.39 is 12.1 Å². The highest BCUT2D eigenvalue weighted by Crippen LogP contribution is 2.20. The molecule has 1 amide bonds. The van der Waals surface area contributed by atoms with Crippen LogP contribution in [0.15, 0.2) is 24.3 Å². The van der Waals surface area contributed by atoms with Crippen molar-refractivity contribution in [2.45, 2.75) is 450 Å². The smallest absolute Gasteiger partial charge is 0.305 e. The van der Waals surface area contributed by atoms with E-state index >= 15 is 0 Å². The maximum absolute atomic E-state index is 12.5. The van der Waals surface area contributed by atoms with Crippen LogP contribution in [0.5, 0.6) is 0 Å². The Morgan fingerprint density at radius 2 is 0.595 bits per heavy atom. The molecule has 0 aliphatic heterocycles. The predicted octanol–water partition coefficient (Wildman–Crippen LogP) is 25.3. The molecule has 0 aromatic rings. The van der Waals surface area contributed by atoms with Crippen LogP contribution >= 0.6 is 0 Å². The van der Waals surface area contributed by atoms with Gasteiger partial charge in [-0.3, -0.25) is 9.59 Å². The Labute approximate surface area is 526 Å². The van der Waals surface area contributed by atoms with Crippen molar-refractivity contribution in [1.82, 2.24) is 5.32 Å². The Hall–Kier alpha value is -1.66. The maximum atomic E-state index is 12.5. The lowest BCUT2D eigenvalue weighted by Gasteiger charge is -2.22. The van der Waals surface area contributed by atoms with Gasteiger partial charge in [-0.25, -0.2) is 0 Å². The third kappa shape index (κ3) is 69.4. The molecule has 0 saturated heterocycles. The fourth-order valence-electron chi connectivity index (χ4n) is 12.4. The highest BCUT2D eigenvalue weighted by Gasteiger charge is 2.20. The van der Waals surface area contributed by atoms with Gasteiger partial charge in [0.1, 0.15) is 0 Å². The van der Waals surface area contributed by atoms with Crippen LogP contribution in [0.1, 0.15) is 438 Å². The summed E-state index contributed by atoms with van der Waals surface area (Å²) >= 11 is 0. The Kier molecular flexibility index (Phi) is 72.3. The third-order valence-corrected chi connectivity index (χ3v) is 18.3. The van der Waals surface area contributed by atoms with E-state index in [1.165, 1.54) is 360 Å². The molecule has 3 N–H and O–H groups in total. The second-order valence-corrected chi connectivity index (χ2v) is 26.7. The van der Waals surface area contributed by atoms with E-state index in [0.29, 0.717) is 25.9 Å². The standard InChI is InChI=1S/C78H151NO5/c1-3-5-7-9-11-13-15-17-19-44-48-52-56-60-64-68-72-78(83)84-73-69-65-61-57-53-49-45-42-40-38-36-34-32-30-28-26-24-22-20-21-23-25-27-29-31-33-35-37-39-41-43-47-51-55-59-63-67-71-77(82)79-75(74-80)76(81)70-66-62-58-54-50-46-18-16-14-12-10-8-6-4-2/h20,22,26,28,75-76,80-81H,3-19,21,23-25,27,29-74H2,1-2H3,(H,79,82)/b22-20-,28-26-. The van der Waals surface area contributed by atoms with E-state index in [4.69, 9.17) is 4.74 Å². The molecule has 0 saturated carbocycles. The van der Waals surface area contributed by atoms with Crippen molar-refractivity contribution in [1.29, 1.82) is 0 Å². The van der Waals surface area contributed by atoms with Gasteiger partial charge in [0.15, 0.2) is 0 Å². The molecule has 0 fully saturated rings.